The van der Waals surface area contributed by atoms with Gasteiger partial charge in [0, 0.05) is 49.4 Å². The molecule has 56 heavy (non-hydrogen) atoms. The largest absolute Gasteiger partial charge is 0.455 e. The smallest absolute Gasteiger partial charge is 0.339 e. The molecule has 2 heterocycles. The Bertz CT molecular complexity index is 2550. The lowest BCUT2D eigenvalue weighted by atomic mass is 9.96. The summed E-state index contributed by atoms with van der Waals surface area (Å²) in [7, 11) is 0.888. The molecule has 14 heteroatoms. The van der Waals surface area contributed by atoms with Crippen molar-refractivity contribution >= 4 is 57.4 Å². The Hall–Kier alpha value is -6.67. The second-order valence-corrected chi connectivity index (χ2v) is 13.6. The van der Waals surface area contributed by atoms with Gasteiger partial charge < -0.3 is 32.8 Å². The van der Waals surface area contributed by atoms with Gasteiger partial charge in [-0.25, -0.2) is 13.8 Å². The molecule has 0 fully saturated rings. The van der Waals surface area contributed by atoms with Crippen LogP contribution in [0.15, 0.2) is 117 Å². The molecular formula is C42H39F2N3O8S. The van der Waals surface area contributed by atoms with Crippen molar-refractivity contribution in [3.8, 4) is 39.7 Å². The number of hydrogen-bond acceptors (Lipinski definition) is 10. The van der Waals surface area contributed by atoms with E-state index in [1.807, 2.05) is 32.6 Å². The van der Waals surface area contributed by atoms with Gasteiger partial charge in [-0.1, -0.05) is 50.6 Å². The number of aromatic nitrogens is 1. The minimum atomic E-state index is -4.29. The van der Waals surface area contributed by atoms with Gasteiger partial charge in [-0.15, -0.1) is 0 Å². The molecule has 0 saturated carbocycles. The van der Waals surface area contributed by atoms with Gasteiger partial charge in [0.05, 0.1) is 11.1 Å². The Morgan fingerprint density at radius 3 is 2.05 bits per heavy atom. The number of anilines is 1. The minimum absolute atomic E-state index is 0.0305. The Labute approximate surface area is 322 Å². The minimum Gasteiger partial charge on any atom is -0.455 e. The molecule has 11 nitrogen and oxygen atoms in total. The summed E-state index contributed by atoms with van der Waals surface area (Å²) < 4.78 is 72.9. The fourth-order valence-electron chi connectivity index (χ4n) is 5.61. The van der Waals surface area contributed by atoms with E-state index in [0.29, 0.717) is 33.3 Å². The number of amides is 1. The van der Waals surface area contributed by atoms with Gasteiger partial charge in [0.15, 0.2) is 17.1 Å². The van der Waals surface area contributed by atoms with E-state index in [-0.39, 0.29) is 44.5 Å². The first-order valence-electron chi connectivity index (χ1n) is 17.0. The van der Waals surface area contributed by atoms with Crippen LogP contribution in [0.2, 0.25) is 0 Å². The summed E-state index contributed by atoms with van der Waals surface area (Å²) in [5.74, 6) is -1.35. The molecule has 1 amide bonds. The van der Waals surface area contributed by atoms with E-state index in [0.717, 1.165) is 0 Å². The van der Waals surface area contributed by atoms with Crippen LogP contribution in [0.3, 0.4) is 0 Å². The molecule has 290 valence electrons. The number of oxazole rings is 1. The van der Waals surface area contributed by atoms with Crippen molar-refractivity contribution in [1.29, 1.82) is 0 Å². The van der Waals surface area contributed by atoms with Gasteiger partial charge >= 0.3 is 10.1 Å². The highest BCUT2D eigenvalue weighted by Gasteiger charge is 2.26. The average molecular weight is 784 g/mol. The first kappa shape index (κ1) is 42.1. The maximum atomic E-state index is 14.7. The molecule has 0 spiro atoms. The van der Waals surface area contributed by atoms with Crippen molar-refractivity contribution < 1.29 is 44.6 Å². The zero-order valence-electron chi connectivity index (χ0n) is 31.3. The summed E-state index contributed by atoms with van der Waals surface area (Å²) in [5.41, 5.74) is 3.34. The third kappa shape index (κ3) is 8.82. The van der Waals surface area contributed by atoms with Crippen molar-refractivity contribution in [2.75, 3.05) is 26.0 Å². The van der Waals surface area contributed by atoms with Crippen LogP contribution >= 0.6 is 0 Å². The third-order valence-corrected chi connectivity index (χ3v) is 9.22. The molecule has 0 atom stereocenters. The fraction of sp³-hybridized carbons (Fsp3) is 0.143. The predicted octanol–water partition coefficient (Wildman–Crippen LogP) is 9.09. The van der Waals surface area contributed by atoms with Crippen LogP contribution in [0.4, 0.5) is 14.5 Å². The van der Waals surface area contributed by atoms with E-state index in [4.69, 9.17) is 22.6 Å². The van der Waals surface area contributed by atoms with Crippen LogP contribution in [0.1, 0.15) is 30.6 Å². The molecule has 1 N–H and O–H groups in total. The van der Waals surface area contributed by atoms with E-state index in [1.165, 1.54) is 68.1 Å². The molecule has 0 bridgehead atoms. The van der Waals surface area contributed by atoms with Crippen LogP contribution in [0.25, 0.3) is 56.0 Å². The number of fused-ring (bicyclic) bond motifs is 2. The normalized spacial score (nSPS) is 10.6. The first-order valence-corrected chi connectivity index (χ1v) is 18.4. The highest BCUT2D eigenvalue weighted by atomic mass is 32.2. The molecule has 0 unspecified atom stereocenters. The maximum absolute atomic E-state index is 14.7. The second-order valence-electron chi connectivity index (χ2n) is 12.0. The topological polar surface area (TPSA) is 149 Å². The fourth-order valence-corrected chi connectivity index (χ4v) is 6.58. The van der Waals surface area contributed by atoms with Gasteiger partial charge in [0.2, 0.25) is 5.89 Å². The molecule has 0 aliphatic carbocycles. The molecule has 7 aromatic rings. The van der Waals surface area contributed by atoms with Gasteiger partial charge in [-0.2, -0.15) is 8.42 Å². The van der Waals surface area contributed by atoms with Gasteiger partial charge in [0.25, 0.3) is 5.91 Å². The Kier molecular flexibility index (Phi) is 14.0. The molecule has 0 saturated heterocycles. The number of halogens is 2. The number of benzene rings is 5. The zero-order chi connectivity index (χ0) is 41.2. The number of nitrogens with zero attached hydrogens (tertiary/aromatic N) is 2. The highest BCUT2D eigenvalue weighted by Crippen LogP contribution is 2.43. The lowest BCUT2D eigenvalue weighted by molar-refractivity contribution is -0.0987. The number of hydrogen-bond donors (Lipinski definition) is 1. The van der Waals surface area contributed by atoms with E-state index in [9.17, 15) is 22.0 Å². The number of nitrogens with one attached hydrogen (secondary N) is 1. The first-order chi connectivity index (χ1) is 26.9. The standard InChI is InChI=1S/C37H27F2N3O6S.C3H8.2CH2O/c1-40-36(43)33-26-19-25(29(42(2)3)20-32(26)46-35(33)21-12-15-23(38)16-13-21)22-14-17-30(48-49(44,45)24-8-5-4-6-9-24)27(18-22)37-41-34-28(39)10-7-11-31(34)47-37;1-3-2;2*1-2/h4-20H,1-3H3,(H,40,43);3H2,1-2H3;2*1H2. The van der Waals surface area contributed by atoms with Crippen molar-refractivity contribution in [2.45, 2.75) is 25.2 Å². The van der Waals surface area contributed by atoms with Crippen molar-refractivity contribution in [3.05, 3.63) is 120 Å². The van der Waals surface area contributed by atoms with Gasteiger partial charge in [-0.3, -0.25) is 4.79 Å². The van der Waals surface area contributed by atoms with Crippen LogP contribution in [0, 0.1) is 11.6 Å². The number of para-hydroxylation sites is 1. The summed E-state index contributed by atoms with van der Waals surface area (Å²) in [6, 6.07) is 25.9. The summed E-state index contributed by atoms with van der Waals surface area (Å²) >= 11 is 0. The van der Waals surface area contributed by atoms with E-state index < -0.39 is 27.7 Å². The van der Waals surface area contributed by atoms with E-state index in [2.05, 4.69) is 24.1 Å². The molecular weight excluding hydrogens is 745 g/mol. The van der Waals surface area contributed by atoms with E-state index >= 15 is 0 Å². The van der Waals surface area contributed by atoms with Crippen molar-refractivity contribution in [2.24, 2.45) is 0 Å². The van der Waals surface area contributed by atoms with Crippen LogP contribution in [0.5, 0.6) is 5.75 Å². The van der Waals surface area contributed by atoms with Crippen molar-refractivity contribution in [1.82, 2.24) is 10.3 Å². The predicted molar refractivity (Wildman–Crippen MR) is 212 cm³/mol. The quantitative estimate of drug-likeness (QED) is 0.148. The van der Waals surface area contributed by atoms with E-state index in [1.54, 1.807) is 48.5 Å². The Balaban J connectivity index is 0.000000936. The van der Waals surface area contributed by atoms with Crippen LogP contribution < -0.4 is 14.4 Å². The Morgan fingerprint density at radius 2 is 1.45 bits per heavy atom. The summed E-state index contributed by atoms with van der Waals surface area (Å²) in [4.78, 5) is 35.4. The molecule has 5 aromatic carbocycles. The lowest BCUT2D eigenvalue weighted by Crippen LogP contribution is -2.18. The SMILES string of the molecule is C=O.C=O.CCC.CNC(=O)c1c(-c2ccc(F)cc2)oc2cc(N(C)C)c(-c3ccc(OS(=O)(=O)c4ccccc4)c(-c4nc5c(F)cccc5o4)c3)cc12. The third-order valence-electron chi connectivity index (χ3n) is 7.97. The molecule has 0 radical (unpaired) electrons. The zero-order valence-corrected chi connectivity index (χ0v) is 32.1. The Morgan fingerprint density at radius 1 is 0.804 bits per heavy atom. The number of furan rings is 1. The average Bonchev–Trinajstić information content (AvgIpc) is 3.82. The van der Waals surface area contributed by atoms with Crippen LogP contribution in [-0.4, -0.2) is 54.0 Å². The van der Waals surface area contributed by atoms with Gasteiger partial charge in [-0.05, 0) is 72.3 Å². The molecule has 0 aliphatic heterocycles. The summed E-state index contributed by atoms with van der Waals surface area (Å²) in [5, 5.41) is 3.14. The highest BCUT2D eigenvalue weighted by molar-refractivity contribution is 7.87. The number of rotatable bonds is 8. The maximum Gasteiger partial charge on any atom is 0.339 e. The molecule has 0 aliphatic rings. The second kappa shape index (κ2) is 18.6. The summed E-state index contributed by atoms with van der Waals surface area (Å²) in [6.07, 6.45) is 1.25. The van der Waals surface area contributed by atoms with Gasteiger partial charge in [0.1, 0.15) is 41.2 Å². The summed E-state index contributed by atoms with van der Waals surface area (Å²) in [6.45, 7) is 8.25. The molecule has 2 aromatic heterocycles. The lowest BCUT2D eigenvalue weighted by Gasteiger charge is -2.19. The number of carbonyl (C=O) groups is 3. The van der Waals surface area contributed by atoms with Crippen LogP contribution in [-0.2, 0) is 19.7 Å². The number of carbonyl (C=O) groups excluding carboxylic acids is 3. The molecule has 7 rings (SSSR count). The van der Waals surface area contributed by atoms with Crippen molar-refractivity contribution in [3.63, 3.8) is 0 Å². The monoisotopic (exact) mass is 783 g/mol.